The fourth-order valence-electron chi connectivity index (χ4n) is 1.44. The van der Waals surface area contributed by atoms with Gasteiger partial charge < -0.3 is 4.74 Å². The van der Waals surface area contributed by atoms with Gasteiger partial charge in [-0.15, -0.1) is 11.6 Å². The maximum Gasteiger partial charge on any atom is 0.310 e. The maximum absolute atomic E-state index is 13.4. The van der Waals surface area contributed by atoms with Gasteiger partial charge in [-0.3, -0.25) is 14.9 Å². The lowest BCUT2D eigenvalue weighted by atomic mass is 10.0. The molecule has 0 spiro atoms. The van der Waals surface area contributed by atoms with E-state index in [-0.39, 0.29) is 18.9 Å². The number of rotatable bonds is 5. The van der Waals surface area contributed by atoms with Gasteiger partial charge in [0.25, 0.3) is 0 Å². The molecular weight excluding hydrogens is 265 g/mol. The third-order valence-corrected chi connectivity index (χ3v) is 2.54. The molecule has 0 fully saturated rings. The van der Waals surface area contributed by atoms with E-state index in [4.69, 9.17) is 16.3 Å². The topological polar surface area (TPSA) is 69.4 Å². The second-order valence-electron chi connectivity index (χ2n) is 3.44. The van der Waals surface area contributed by atoms with Crippen LogP contribution in [-0.2, 0) is 21.8 Å². The van der Waals surface area contributed by atoms with E-state index in [1.165, 1.54) is 0 Å². The minimum Gasteiger partial charge on any atom is -0.466 e. The van der Waals surface area contributed by atoms with Crippen molar-refractivity contribution in [2.24, 2.45) is 0 Å². The largest absolute Gasteiger partial charge is 0.466 e. The van der Waals surface area contributed by atoms with Crippen molar-refractivity contribution in [3.05, 3.63) is 39.2 Å². The van der Waals surface area contributed by atoms with Gasteiger partial charge in [0.1, 0.15) is 0 Å². The Labute approximate surface area is 108 Å². The Morgan fingerprint density at radius 2 is 2.17 bits per heavy atom. The first kappa shape index (κ1) is 14.4. The number of carbonyl (C=O) groups excluding carboxylic acids is 1. The average Bonchev–Trinajstić information content (AvgIpc) is 2.29. The number of nitro benzene ring substituents is 1. The van der Waals surface area contributed by atoms with E-state index >= 15 is 0 Å². The molecule has 0 amide bonds. The molecule has 98 valence electrons. The molecule has 0 atom stereocenters. The molecule has 0 bridgehead atoms. The van der Waals surface area contributed by atoms with Crippen LogP contribution in [0.2, 0.25) is 0 Å². The smallest absolute Gasteiger partial charge is 0.310 e. The van der Waals surface area contributed by atoms with Gasteiger partial charge in [0, 0.05) is 11.9 Å². The van der Waals surface area contributed by atoms with Crippen molar-refractivity contribution in [1.82, 2.24) is 0 Å². The minimum absolute atomic E-state index is 0.0458. The number of carbonyl (C=O) groups is 1. The summed E-state index contributed by atoms with van der Waals surface area (Å²) in [6.45, 7) is 1.86. The standard InChI is InChI=1S/C11H11ClFNO4/c1-2-18-11(15)5-7-3-9(13)10(14(16)17)4-8(7)6-12/h3-4H,2,5-6H2,1H3. The Bertz CT molecular complexity index is 478. The Morgan fingerprint density at radius 3 is 2.67 bits per heavy atom. The first-order chi connectivity index (χ1) is 8.49. The number of nitrogens with zero attached hydrogens (tertiary/aromatic N) is 1. The summed E-state index contributed by atoms with van der Waals surface area (Å²) in [5.41, 5.74) is -0.0115. The van der Waals surface area contributed by atoms with Crippen LogP contribution in [-0.4, -0.2) is 17.5 Å². The molecule has 5 nitrogen and oxygen atoms in total. The summed E-state index contributed by atoms with van der Waals surface area (Å²) in [6, 6.07) is 1.99. The lowest BCUT2D eigenvalue weighted by Gasteiger charge is -2.07. The van der Waals surface area contributed by atoms with Gasteiger partial charge in [-0.25, -0.2) is 0 Å². The van der Waals surface area contributed by atoms with E-state index in [1.54, 1.807) is 6.92 Å². The zero-order valence-corrected chi connectivity index (χ0v) is 10.4. The van der Waals surface area contributed by atoms with Crippen LogP contribution in [0.15, 0.2) is 12.1 Å². The molecule has 18 heavy (non-hydrogen) atoms. The molecule has 0 aliphatic rings. The highest BCUT2D eigenvalue weighted by Crippen LogP contribution is 2.24. The van der Waals surface area contributed by atoms with Crippen molar-refractivity contribution in [1.29, 1.82) is 0 Å². The second-order valence-corrected chi connectivity index (χ2v) is 3.71. The molecule has 0 aromatic heterocycles. The molecule has 0 saturated heterocycles. The number of esters is 1. The number of hydrogen-bond acceptors (Lipinski definition) is 4. The molecule has 0 heterocycles. The van der Waals surface area contributed by atoms with Crippen molar-refractivity contribution < 1.29 is 18.8 Å². The highest BCUT2D eigenvalue weighted by Gasteiger charge is 2.19. The van der Waals surface area contributed by atoms with Crippen molar-refractivity contribution in [3.63, 3.8) is 0 Å². The van der Waals surface area contributed by atoms with Crippen molar-refractivity contribution >= 4 is 23.3 Å². The van der Waals surface area contributed by atoms with Gasteiger partial charge in [0.05, 0.1) is 18.0 Å². The molecule has 0 aliphatic carbocycles. The van der Waals surface area contributed by atoms with Gasteiger partial charge in [-0.05, 0) is 24.1 Å². The molecule has 1 aromatic rings. The first-order valence-electron chi connectivity index (χ1n) is 5.16. The monoisotopic (exact) mass is 275 g/mol. The van der Waals surface area contributed by atoms with Gasteiger partial charge >= 0.3 is 11.7 Å². The van der Waals surface area contributed by atoms with Crippen LogP contribution >= 0.6 is 11.6 Å². The van der Waals surface area contributed by atoms with E-state index in [9.17, 15) is 19.3 Å². The number of halogens is 2. The Morgan fingerprint density at radius 1 is 1.50 bits per heavy atom. The van der Waals surface area contributed by atoms with E-state index in [0.29, 0.717) is 11.1 Å². The third-order valence-electron chi connectivity index (χ3n) is 2.25. The summed E-state index contributed by atoms with van der Waals surface area (Å²) in [7, 11) is 0. The van der Waals surface area contributed by atoms with Gasteiger partial charge in [0.2, 0.25) is 5.82 Å². The Balaban J connectivity index is 3.09. The second kappa shape index (κ2) is 6.30. The Hall–Kier alpha value is -1.69. The molecule has 0 N–H and O–H groups in total. The van der Waals surface area contributed by atoms with Gasteiger partial charge in [-0.1, -0.05) is 0 Å². The number of hydrogen-bond donors (Lipinski definition) is 0. The fourth-order valence-corrected chi connectivity index (χ4v) is 1.69. The van der Waals surface area contributed by atoms with Crippen LogP contribution in [0.4, 0.5) is 10.1 Å². The summed E-state index contributed by atoms with van der Waals surface area (Å²) in [4.78, 5) is 21.0. The lowest BCUT2D eigenvalue weighted by molar-refractivity contribution is -0.387. The number of ether oxygens (including phenoxy) is 1. The number of benzene rings is 1. The van der Waals surface area contributed by atoms with Crippen LogP contribution in [0.25, 0.3) is 0 Å². The SMILES string of the molecule is CCOC(=O)Cc1cc(F)c([N+](=O)[O-])cc1CCl. The van der Waals surface area contributed by atoms with E-state index in [1.807, 2.05) is 0 Å². The molecule has 0 aliphatic heterocycles. The predicted octanol–water partition coefficient (Wildman–Crippen LogP) is 2.58. The zero-order valence-electron chi connectivity index (χ0n) is 9.61. The van der Waals surface area contributed by atoms with Crippen molar-refractivity contribution in [2.75, 3.05) is 6.61 Å². The van der Waals surface area contributed by atoms with Crippen LogP contribution < -0.4 is 0 Å². The first-order valence-corrected chi connectivity index (χ1v) is 5.70. The summed E-state index contributed by atoms with van der Waals surface area (Å²) < 4.78 is 18.1. The van der Waals surface area contributed by atoms with E-state index in [0.717, 1.165) is 12.1 Å². The fraction of sp³-hybridized carbons (Fsp3) is 0.364. The molecule has 0 saturated carbocycles. The predicted molar refractivity (Wildman–Crippen MR) is 62.9 cm³/mol. The minimum atomic E-state index is -0.992. The normalized spacial score (nSPS) is 10.2. The van der Waals surface area contributed by atoms with Crippen LogP contribution in [0.1, 0.15) is 18.1 Å². The summed E-state index contributed by atoms with van der Waals surface area (Å²) in [5, 5.41) is 10.6. The highest BCUT2D eigenvalue weighted by molar-refractivity contribution is 6.17. The summed E-state index contributed by atoms with van der Waals surface area (Å²) in [5.74, 6) is -1.57. The summed E-state index contributed by atoms with van der Waals surface area (Å²) in [6.07, 6.45) is -0.162. The highest BCUT2D eigenvalue weighted by atomic mass is 35.5. The quantitative estimate of drug-likeness (QED) is 0.358. The third kappa shape index (κ3) is 3.40. The van der Waals surface area contributed by atoms with Crippen LogP contribution in [0.5, 0.6) is 0 Å². The Kier molecular flexibility index (Phi) is 5.03. The van der Waals surface area contributed by atoms with Gasteiger partial charge in [0.15, 0.2) is 0 Å². The molecule has 1 rings (SSSR count). The van der Waals surface area contributed by atoms with Crippen molar-refractivity contribution in [3.8, 4) is 0 Å². The van der Waals surface area contributed by atoms with Crippen LogP contribution in [0.3, 0.4) is 0 Å². The van der Waals surface area contributed by atoms with Crippen LogP contribution in [0, 0.1) is 15.9 Å². The molecule has 1 aromatic carbocycles. The molecular formula is C11H11ClFNO4. The van der Waals surface area contributed by atoms with E-state index in [2.05, 4.69) is 0 Å². The lowest BCUT2D eigenvalue weighted by Crippen LogP contribution is -2.10. The number of alkyl halides is 1. The zero-order chi connectivity index (χ0) is 13.7. The van der Waals surface area contributed by atoms with Crippen molar-refractivity contribution in [2.45, 2.75) is 19.2 Å². The van der Waals surface area contributed by atoms with Gasteiger partial charge in [-0.2, -0.15) is 4.39 Å². The average molecular weight is 276 g/mol. The molecule has 7 heteroatoms. The summed E-state index contributed by atoms with van der Waals surface area (Å²) >= 11 is 5.62. The molecule has 0 radical (unpaired) electrons. The van der Waals surface area contributed by atoms with E-state index < -0.39 is 22.4 Å². The maximum atomic E-state index is 13.4. The number of nitro groups is 1. The molecule has 0 unspecified atom stereocenters.